The normalized spacial score (nSPS) is 19.8. The fourth-order valence-corrected chi connectivity index (χ4v) is 3.93. The number of sulfonamides is 1. The van der Waals surface area contributed by atoms with Crippen LogP contribution in [0, 0.1) is 6.92 Å². The smallest absolute Gasteiger partial charge is 0.245 e. The van der Waals surface area contributed by atoms with Crippen LogP contribution in [0.15, 0.2) is 59.5 Å². The van der Waals surface area contributed by atoms with Gasteiger partial charge in [-0.3, -0.25) is 0 Å². The van der Waals surface area contributed by atoms with E-state index in [1.165, 1.54) is 4.31 Å². The minimum Gasteiger partial charge on any atom is -0.356 e. The molecule has 4 nitrogen and oxygen atoms in total. The van der Waals surface area contributed by atoms with Crippen molar-refractivity contribution in [1.29, 1.82) is 0 Å². The summed E-state index contributed by atoms with van der Waals surface area (Å²) in [5.41, 5.74) is 1.89. The van der Waals surface area contributed by atoms with Crippen molar-refractivity contribution in [3.63, 3.8) is 0 Å². The Labute approximate surface area is 125 Å². The molecule has 1 aliphatic heterocycles. The molecule has 1 unspecified atom stereocenters. The topological polar surface area (TPSA) is 46.6 Å². The fourth-order valence-electron chi connectivity index (χ4n) is 2.43. The van der Waals surface area contributed by atoms with E-state index in [0.29, 0.717) is 18.0 Å². The number of hydrogen-bond acceptors (Lipinski definition) is 3. The van der Waals surface area contributed by atoms with Crippen molar-refractivity contribution < 1.29 is 13.2 Å². The molecule has 2 aromatic carbocycles. The standard InChI is InChI=1S/C16H17NO3S/c1-13-7-9-15(10-8-13)21(18,19)17-11-12-20-16(17)14-5-3-2-4-6-14/h2-10,16H,11-12H2,1H3. The zero-order chi connectivity index (χ0) is 14.9. The second-order valence-corrected chi connectivity index (χ2v) is 6.95. The van der Waals surface area contributed by atoms with Gasteiger partial charge >= 0.3 is 0 Å². The minimum atomic E-state index is -3.54. The number of aryl methyl sites for hydroxylation is 1. The molecule has 1 aliphatic rings. The zero-order valence-electron chi connectivity index (χ0n) is 11.8. The van der Waals surface area contributed by atoms with Gasteiger partial charge in [0.25, 0.3) is 0 Å². The fraction of sp³-hybridized carbons (Fsp3) is 0.250. The molecule has 0 bridgehead atoms. The van der Waals surface area contributed by atoms with E-state index in [2.05, 4.69) is 0 Å². The molecule has 1 fully saturated rings. The van der Waals surface area contributed by atoms with Crippen LogP contribution in [0.3, 0.4) is 0 Å². The summed E-state index contributed by atoms with van der Waals surface area (Å²) >= 11 is 0. The van der Waals surface area contributed by atoms with Crippen LogP contribution in [0.1, 0.15) is 17.4 Å². The lowest BCUT2D eigenvalue weighted by molar-refractivity contribution is 0.0683. The maximum Gasteiger partial charge on any atom is 0.245 e. The van der Waals surface area contributed by atoms with Crippen molar-refractivity contribution in [2.24, 2.45) is 0 Å². The largest absolute Gasteiger partial charge is 0.356 e. The molecular weight excluding hydrogens is 286 g/mol. The van der Waals surface area contributed by atoms with Crippen LogP contribution in [-0.2, 0) is 14.8 Å². The van der Waals surface area contributed by atoms with Gasteiger partial charge in [0.05, 0.1) is 11.5 Å². The Morgan fingerprint density at radius 1 is 1.05 bits per heavy atom. The summed E-state index contributed by atoms with van der Waals surface area (Å²) < 4.78 is 32.6. The van der Waals surface area contributed by atoms with Gasteiger partial charge in [0.15, 0.2) is 0 Å². The number of ether oxygens (including phenoxy) is 1. The molecule has 0 saturated carbocycles. The van der Waals surface area contributed by atoms with E-state index in [0.717, 1.165) is 11.1 Å². The van der Waals surface area contributed by atoms with E-state index in [9.17, 15) is 8.42 Å². The monoisotopic (exact) mass is 303 g/mol. The third-order valence-corrected chi connectivity index (χ3v) is 5.42. The Morgan fingerprint density at radius 3 is 2.38 bits per heavy atom. The van der Waals surface area contributed by atoms with Gasteiger partial charge in [0.1, 0.15) is 6.23 Å². The SMILES string of the molecule is Cc1ccc(S(=O)(=O)N2CCOC2c2ccccc2)cc1. The molecule has 2 aromatic rings. The molecule has 0 amide bonds. The van der Waals surface area contributed by atoms with Crippen LogP contribution < -0.4 is 0 Å². The average molecular weight is 303 g/mol. The predicted molar refractivity (Wildman–Crippen MR) is 80.2 cm³/mol. The summed E-state index contributed by atoms with van der Waals surface area (Å²) in [5, 5.41) is 0. The van der Waals surface area contributed by atoms with E-state index in [4.69, 9.17) is 4.74 Å². The highest BCUT2D eigenvalue weighted by atomic mass is 32.2. The summed E-state index contributed by atoms with van der Waals surface area (Å²) in [4.78, 5) is 0.305. The molecule has 0 aliphatic carbocycles. The molecule has 0 spiro atoms. The van der Waals surface area contributed by atoms with Crippen LogP contribution in [0.25, 0.3) is 0 Å². The first-order valence-corrected chi connectivity index (χ1v) is 8.28. The second-order valence-electron chi connectivity index (χ2n) is 5.06. The molecule has 110 valence electrons. The zero-order valence-corrected chi connectivity index (χ0v) is 12.6. The molecule has 0 N–H and O–H groups in total. The molecular formula is C16H17NO3S. The molecule has 1 saturated heterocycles. The van der Waals surface area contributed by atoms with Crippen LogP contribution in [-0.4, -0.2) is 25.9 Å². The Balaban J connectivity index is 1.96. The van der Waals surface area contributed by atoms with Gasteiger partial charge in [0.2, 0.25) is 10.0 Å². The van der Waals surface area contributed by atoms with Gasteiger partial charge in [-0.2, -0.15) is 4.31 Å². The Hall–Kier alpha value is -1.69. The van der Waals surface area contributed by atoms with Crippen molar-refractivity contribution in [2.75, 3.05) is 13.2 Å². The summed E-state index contributed by atoms with van der Waals surface area (Å²) in [7, 11) is -3.54. The minimum absolute atomic E-state index is 0.305. The lowest BCUT2D eigenvalue weighted by Gasteiger charge is -2.23. The third-order valence-electron chi connectivity index (χ3n) is 3.56. The van der Waals surface area contributed by atoms with Gasteiger partial charge in [-0.05, 0) is 24.6 Å². The quantitative estimate of drug-likeness (QED) is 0.876. The third kappa shape index (κ3) is 2.72. The lowest BCUT2D eigenvalue weighted by atomic mass is 10.2. The van der Waals surface area contributed by atoms with Crippen molar-refractivity contribution in [1.82, 2.24) is 4.31 Å². The summed E-state index contributed by atoms with van der Waals surface area (Å²) in [6.45, 7) is 2.71. The number of rotatable bonds is 3. The van der Waals surface area contributed by atoms with Crippen LogP contribution >= 0.6 is 0 Å². The van der Waals surface area contributed by atoms with Gasteiger partial charge in [0, 0.05) is 6.54 Å². The van der Waals surface area contributed by atoms with Gasteiger partial charge < -0.3 is 4.74 Å². The van der Waals surface area contributed by atoms with Gasteiger partial charge in [-0.15, -0.1) is 0 Å². The molecule has 1 atom stereocenters. The summed E-state index contributed by atoms with van der Waals surface area (Å²) in [6.07, 6.45) is -0.544. The first-order chi connectivity index (χ1) is 10.1. The van der Waals surface area contributed by atoms with Gasteiger partial charge in [-0.25, -0.2) is 8.42 Å². The summed E-state index contributed by atoms with van der Waals surface area (Å²) in [6, 6.07) is 16.3. The molecule has 0 radical (unpaired) electrons. The molecule has 5 heteroatoms. The van der Waals surface area contributed by atoms with Crippen molar-refractivity contribution in [3.8, 4) is 0 Å². The van der Waals surface area contributed by atoms with E-state index in [1.54, 1.807) is 24.3 Å². The number of hydrogen-bond donors (Lipinski definition) is 0. The Kier molecular flexibility index (Phi) is 3.80. The summed E-state index contributed by atoms with van der Waals surface area (Å²) in [5.74, 6) is 0. The second kappa shape index (κ2) is 5.60. The Morgan fingerprint density at radius 2 is 1.71 bits per heavy atom. The highest BCUT2D eigenvalue weighted by Gasteiger charge is 2.37. The van der Waals surface area contributed by atoms with E-state index in [-0.39, 0.29) is 0 Å². The molecule has 0 aromatic heterocycles. The van der Waals surface area contributed by atoms with E-state index < -0.39 is 16.3 Å². The first-order valence-electron chi connectivity index (χ1n) is 6.84. The van der Waals surface area contributed by atoms with E-state index in [1.807, 2.05) is 37.3 Å². The van der Waals surface area contributed by atoms with Gasteiger partial charge in [-0.1, -0.05) is 48.0 Å². The van der Waals surface area contributed by atoms with Crippen molar-refractivity contribution >= 4 is 10.0 Å². The Bertz CT molecular complexity index is 711. The van der Waals surface area contributed by atoms with Crippen LogP contribution in [0.4, 0.5) is 0 Å². The predicted octanol–water partition coefficient (Wildman–Crippen LogP) is 2.71. The maximum atomic E-state index is 12.8. The highest BCUT2D eigenvalue weighted by molar-refractivity contribution is 7.89. The first kappa shape index (κ1) is 14.3. The molecule has 1 heterocycles. The molecule has 21 heavy (non-hydrogen) atoms. The number of nitrogens with zero attached hydrogens (tertiary/aromatic N) is 1. The highest BCUT2D eigenvalue weighted by Crippen LogP contribution is 2.32. The lowest BCUT2D eigenvalue weighted by Crippen LogP contribution is -2.31. The van der Waals surface area contributed by atoms with Crippen molar-refractivity contribution in [3.05, 3.63) is 65.7 Å². The van der Waals surface area contributed by atoms with Crippen LogP contribution in [0.2, 0.25) is 0 Å². The average Bonchev–Trinajstić information content (AvgIpc) is 2.99. The van der Waals surface area contributed by atoms with Crippen LogP contribution in [0.5, 0.6) is 0 Å². The number of benzene rings is 2. The maximum absolute atomic E-state index is 12.8. The van der Waals surface area contributed by atoms with Crippen molar-refractivity contribution in [2.45, 2.75) is 18.0 Å². The molecule has 3 rings (SSSR count). The van der Waals surface area contributed by atoms with E-state index >= 15 is 0 Å².